The molecule has 2 saturated heterocycles. The van der Waals surface area contributed by atoms with Crippen LogP contribution in [0.3, 0.4) is 0 Å². The van der Waals surface area contributed by atoms with Gasteiger partial charge in [0.25, 0.3) is 5.92 Å². The zero-order valence-corrected chi connectivity index (χ0v) is 11.8. The predicted molar refractivity (Wildman–Crippen MR) is 66.3 cm³/mol. The molecule has 0 bridgehead atoms. The van der Waals surface area contributed by atoms with Crippen LogP contribution in [0, 0.1) is 0 Å². The number of piperidine rings is 1. The fourth-order valence-electron chi connectivity index (χ4n) is 2.50. The molecule has 0 amide bonds. The average Bonchev–Trinajstić information content (AvgIpc) is 2.75. The fraction of sp³-hybridized carbons (Fsp3) is 0.917. The highest BCUT2D eigenvalue weighted by atomic mass is 19.4. The number of hydrazine groups is 1. The van der Waals surface area contributed by atoms with Crippen molar-refractivity contribution in [3.05, 3.63) is 0 Å². The van der Waals surface area contributed by atoms with Gasteiger partial charge in [-0.3, -0.25) is 0 Å². The third kappa shape index (κ3) is 5.65. The summed E-state index contributed by atoms with van der Waals surface area (Å²) in [6, 6.07) is -0.391. The van der Waals surface area contributed by atoms with Crippen molar-refractivity contribution < 1.29 is 37.0 Å². The van der Waals surface area contributed by atoms with Crippen molar-refractivity contribution in [3.8, 4) is 0 Å². The van der Waals surface area contributed by atoms with E-state index < -0.39 is 24.1 Å². The van der Waals surface area contributed by atoms with Crippen molar-refractivity contribution in [2.75, 3.05) is 26.2 Å². The third-order valence-electron chi connectivity index (χ3n) is 3.50. The highest BCUT2D eigenvalue weighted by molar-refractivity contribution is 5.73. The van der Waals surface area contributed by atoms with Gasteiger partial charge in [0.05, 0.1) is 19.2 Å². The zero-order valence-electron chi connectivity index (χ0n) is 11.8. The number of carboxylic acid groups (broad SMARTS) is 1. The van der Waals surface area contributed by atoms with Gasteiger partial charge in [0.15, 0.2) is 0 Å². The molecule has 1 atom stereocenters. The van der Waals surface area contributed by atoms with Crippen LogP contribution in [0.5, 0.6) is 0 Å². The fourth-order valence-corrected chi connectivity index (χ4v) is 2.50. The molecule has 2 aliphatic rings. The van der Waals surface area contributed by atoms with E-state index in [-0.39, 0.29) is 19.6 Å². The third-order valence-corrected chi connectivity index (χ3v) is 3.50. The topological polar surface area (TPSA) is 64.0 Å². The number of hydrogen-bond donors (Lipinski definition) is 2. The first-order valence-corrected chi connectivity index (χ1v) is 6.87. The normalized spacial score (nSPS) is 26.4. The van der Waals surface area contributed by atoms with Crippen LogP contribution in [0.15, 0.2) is 0 Å². The molecule has 2 N–H and O–H groups in total. The van der Waals surface area contributed by atoms with Crippen LogP contribution in [0.2, 0.25) is 0 Å². The number of rotatable bonds is 2. The van der Waals surface area contributed by atoms with Crippen molar-refractivity contribution in [3.63, 3.8) is 0 Å². The molecular formula is C12H19F5N2O3. The van der Waals surface area contributed by atoms with Gasteiger partial charge in [0.1, 0.15) is 0 Å². The maximum Gasteiger partial charge on any atom is 0.490 e. The van der Waals surface area contributed by atoms with Crippen LogP contribution in [0.1, 0.15) is 25.7 Å². The molecule has 0 aromatic rings. The number of aliphatic hydroxyl groups excluding tert-OH is 1. The van der Waals surface area contributed by atoms with E-state index in [1.54, 1.807) is 5.01 Å². The van der Waals surface area contributed by atoms with Crippen LogP contribution >= 0.6 is 0 Å². The minimum Gasteiger partial charge on any atom is -0.475 e. The Morgan fingerprint density at radius 2 is 1.68 bits per heavy atom. The zero-order chi connectivity index (χ0) is 17.0. The van der Waals surface area contributed by atoms with E-state index in [0.29, 0.717) is 0 Å². The van der Waals surface area contributed by atoms with E-state index in [4.69, 9.17) is 15.0 Å². The molecule has 0 radical (unpaired) electrons. The van der Waals surface area contributed by atoms with Crippen molar-refractivity contribution in [2.45, 2.75) is 43.8 Å². The lowest BCUT2D eigenvalue weighted by atomic mass is 10.1. The molecule has 0 spiro atoms. The van der Waals surface area contributed by atoms with Crippen molar-refractivity contribution in [2.24, 2.45) is 0 Å². The minimum absolute atomic E-state index is 0.175. The molecule has 2 heterocycles. The first-order valence-electron chi connectivity index (χ1n) is 6.87. The van der Waals surface area contributed by atoms with Crippen LogP contribution in [-0.2, 0) is 4.79 Å². The molecule has 22 heavy (non-hydrogen) atoms. The summed E-state index contributed by atoms with van der Waals surface area (Å²) in [5, 5.41) is 19.9. The highest BCUT2D eigenvalue weighted by Crippen LogP contribution is 2.33. The second kappa shape index (κ2) is 7.51. The number of alkyl halides is 5. The Kier molecular flexibility index (Phi) is 6.50. The summed E-state index contributed by atoms with van der Waals surface area (Å²) >= 11 is 0. The Hall–Kier alpha value is -1.00. The summed E-state index contributed by atoms with van der Waals surface area (Å²) in [7, 11) is 0. The standard InChI is InChI=1S/C10H18F2N2O.C2HF3O2/c11-10(12)6-9(7-15)14(8-10)13-4-2-1-3-5-13;3-2(4,5)1(6)7/h9,15H,1-8H2;(H,6,7)/t9-;/m1./s1. The molecular weight excluding hydrogens is 315 g/mol. The van der Waals surface area contributed by atoms with Crippen LogP contribution in [0.25, 0.3) is 0 Å². The van der Waals surface area contributed by atoms with E-state index in [9.17, 15) is 22.0 Å². The Morgan fingerprint density at radius 3 is 2.09 bits per heavy atom. The molecule has 0 unspecified atom stereocenters. The SMILES string of the molecule is O=C(O)C(F)(F)F.OC[C@H]1CC(F)(F)CN1N1CCCCC1. The Bertz CT molecular complexity index is 372. The van der Waals surface area contributed by atoms with Crippen molar-refractivity contribution >= 4 is 5.97 Å². The first kappa shape index (κ1) is 19.0. The Labute approximate surface area is 124 Å². The number of hydrogen-bond acceptors (Lipinski definition) is 4. The van der Waals surface area contributed by atoms with Gasteiger partial charge in [0.2, 0.25) is 0 Å². The van der Waals surface area contributed by atoms with Gasteiger partial charge in [-0.1, -0.05) is 6.42 Å². The molecule has 2 fully saturated rings. The van der Waals surface area contributed by atoms with Gasteiger partial charge in [-0.15, -0.1) is 0 Å². The quantitative estimate of drug-likeness (QED) is 0.753. The lowest BCUT2D eigenvalue weighted by Gasteiger charge is -2.37. The summed E-state index contributed by atoms with van der Waals surface area (Å²) in [5.41, 5.74) is 0. The van der Waals surface area contributed by atoms with Crippen LogP contribution in [0.4, 0.5) is 22.0 Å². The summed E-state index contributed by atoms with van der Waals surface area (Å²) in [6.07, 6.45) is -1.97. The van der Waals surface area contributed by atoms with Gasteiger partial charge in [-0.25, -0.2) is 23.6 Å². The van der Waals surface area contributed by atoms with Crippen molar-refractivity contribution in [1.29, 1.82) is 0 Å². The summed E-state index contributed by atoms with van der Waals surface area (Å²) < 4.78 is 58.2. The van der Waals surface area contributed by atoms with Gasteiger partial charge in [0, 0.05) is 19.5 Å². The lowest BCUT2D eigenvalue weighted by molar-refractivity contribution is -0.192. The smallest absolute Gasteiger partial charge is 0.475 e. The molecule has 0 aromatic heterocycles. The van der Waals surface area contributed by atoms with Crippen LogP contribution in [-0.4, -0.2) is 70.6 Å². The number of aliphatic carboxylic acids is 1. The maximum atomic E-state index is 13.2. The average molecular weight is 334 g/mol. The Morgan fingerprint density at radius 1 is 1.18 bits per heavy atom. The minimum atomic E-state index is -5.08. The van der Waals surface area contributed by atoms with Crippen LogP contribution < -0.4 is 0 Å². The number of carboxylic acids is 1. The first-order chi connectivity index (χ1) is 10.1. The number of halogens is 5. The largest absolute Gasteiger partial charge is 0.490 e. The maximum absolute atomic E-state index is 13.2. The predicted octanol–water partition coefficient (Wildman–Crippen LogP) is 1.72. The summed E-state index contributed by atoms with van der Waals surface area (Å²) in [6.45, 7) is 1.31. The van der Waals surface area contributed by atoms with E-state index >= 15 is 0 Å². The molecule has 2 aliphatic heterocycles. The van der Waals surface area contributed by atoms with E-state index in [1.165, 1.54) is 6.42 Å². The molecule has 0 aromatic carbocycles. The molecule has 130 valence electrons. The van der Waals surface area contributed by atoms with E-state index in [2.05, 4.69) is 0 Å². The van der Waals surface area contributed by atoms with Gasteiger partial charge in [-0.2, -0.15) is 13.2 Å². The Balaban J connectivity index is 0.000000295. The monoisotopic (exact) mass is 334 g/mol. The van der Waals surface area contributed by atoms with E-state index in [1.807, 2.05) is 5.01 Å². The number of carbonyl (C=O) groups is 1. The van der Waals surface area contributed by atoms with Crippen molar-refractivity contribution in [1.82, 2.24) is 10.0 Å². The molecule has 0 saturated carbocycles. The summed E-state index contributed by atoms with van der Waals surface area (Å²) in [5.74, 6) is -5.39. The summed E-state index contributed by atoms with van der Waals surface area (Å²) in [4.78, 5) is 8.90. The number of aliphatic hydroxyl groups is 1. The second-order valence-electron chi connectivity index (χ2n) is 5.31. The molecule has 2 rings (SSSR count). The van der Waals surface area contributed by atoms with Gasteiger partial charge in [-0.05, 0) is 12.8 Å². The lowest BCUT2D eigenvalue weighted by Crippen LogP contribution is -2.49. The molecule has 5 nitrogen and oxygen atoms in total. The second-order valence-corrected chi connectivity index (χ2v) is 5.31. The van der Waals surface area contributed by atoms with E-state index in [0.717, 1.165) is 25.9 Å². The molecule has 10 heteroatoms. The van der Waals surface area contributed by atoms with Gasteiger partial charge < -0.3 is 10.2 Å². The highest BCUT2D eigenvalue weighted by Gasteiger charge is 2.46. The number of nitrogens with zero attached hydrogens (tertiary/aromatic N) is 2. The molecule has 0 aliphatic carbocycles. The van der Waals surface area contributed by atoms with Gasteiger partial charge >= 0.3 is 12.1 Å².